The zero-order chi connectivity index (χ0) is 34.5. The van der Waals surface area contributed by atoms with Gasteiger partial charge in [0.05, 0.1) is 18.4 Å². The number of carbonyl (C=O) groups is 4. The lowest BCUT2D eigenvalue weighted by Gasteiger charge is -2.29. The van der Waals surface area contributed by atoms with Crippen LogP contribution in [-0.2, 0) is 35.5 Å². The summed E-state index contributed by atoms with van der Waals surface area (Å²) in [7, 11) is -3.64. The molecule has 0 saturated carbocycles. The largest absolute Gasteiger partial charge is 0.444 e. The number of aliphatic hydroxyl groups is 1. The maximum absolute atomic E-state index is 13.1. The van der Waals surface area contributed by atoms with Gasteiger partial charge in [0.25, 0.3) is 0 Å². The van der Waals surface area contributed by atoms with Gasteiger partial charge in [-0.2, -0.15) is 0 Å². The number of amides is 3. The maximum atomic E-state index is 13.1. The number of aliphatic hydroxyl groups excluding tert-OH is 1. The third kappa shape index (κ3) is 16.7. The number of ether oxygens (including phenoxy) is 1. The molecule has 3 amide bonds. The Morgan fingerprint density at radius 2 is 1.51 bits per heavy atom. The van der Waals surface area contributed by atoms with E-state index in [1.807, 2.05) is 58.0 Å². The van der Waals surface area contributed by atoms with Crippen molar-refractivity contribution in [2.45, 2.75) is 105 Å². The molecule has 256 valence electrons. The normalized spacial score (nSPS) is 15.5. The Bertz CT molecular complexity index is 1220. The van der Waals surface area contributed by atoms with E-state index < -0.39 is 69.1 Å². The van der Waals surface area contributed by atoms with Crippen LogP contribution in [0.3, 0.4) is 0 Å². The molecule has 0 aromatic heterocycles. The van der Waals surface area contributed by atoms with Gasteiger partial charge in [0.1, 0.15) is 27.5 Å². The molecule has 13 heteroatoms. The van der Waals surface area contributed by atoms with Crippen molar-refractivity contribution >= 4 is 33.5 Å². The average Bonchev–Trinajstić information content (AvgIpc) is 2.90. The first-order valence-electron chi connectivity index (χ1n) is 15.4. The van der Waals surface area contributed by atoms with Crippen molar-refractivity contribution in [3.8, 4) is 0 Å². The van der Waals surface area contributed by atoms with Crippen LogP contribution >= 0.6 is 0 Å². The lowest BCUT2D eigenvalue weighted by atomic mass is 9.92. The van der Waals surface area contributed by atoms with Gasteiger partial charge in [-0.25, -0.2) is 13.2 Å². The predicted octanol–water partition coefficient (Wildman–Crippen LogP) is 2.34. The Balaban J connectivity index is 2.88. The minimum atomic E-state index is -3.64. The van der Waals surface area contributed by atoms with Crippen molar-refractivity contribution in [3.63, 3.8) is 0 Å². The Morgan fingerprint density at radius 1 is 0.911 bits per heavy atom. The third-order valence-electron chi connectivity index (χ3n) is 6.88. The van der Waals surface area contributed by atoms with Crippen LogP contribution in [0.4, 0.5) is 4.79 Å². The Morgan fingerprint density at radius 3 is 2.02 bits per heavy atom. The lowest BCUT2D eigenvalue weighted by molar-refractivity contribution is -0.132. The number of hydrogen-bond donors (Lipinski definition) is 5. The molecule has 0 aliphatic heterocycles. The van der Waals surface area contributed by atoms with Gasteiger partial charge in [-0.3, -0.25) is 14.4 Å². The summed E-state index contributed by atoms with van der Waals surface area (Å²) in [6.07, 6.45) is -0.500. The van der Waals surface area contributed by atoms with Crippen LogP contribution in [0.1, 0.15) is 73.8 Å². The zero-order valence-corrected chi connectivity index (χ0v) is 29.0. The maximum Gasteiger partial charge on any atom is 0.408 e. The Labute approximate surface area is 268 Å². The topological polar surface area (TPSA) is 180 Å². The number of ketones is 1. The standard InChI is InChI=1S/C32H54N4O8S/c1-20(2)15-24(33-18-27(38)25(19-45(9,42)43)35-31(41)44-32(6,7)8)26(37)16-22(5)29(39)36-28(21(3)4)30(40)34-17-23-13-11-10-12-14-23/h10-14,20-22,24-26,28,33,37H,15-19H2,1-9H3,(H,34,40)(H,35,41)(H,36,39)/t22-,24+,25+,26+,28+/m1/s1. The molecule has 1 aromatic carbocycles. The van der Waals surface area contributed by atoms with Gasteiger partial charge in [-0.15, -0.1) is 0 Å². The lowest BCUT2D eigenvalue weighted by Crippen LogP contribution is -2.53. The molecular formula is C32H54N4O8S. The summed E-state index contributed by atoms with van der Waals surface area (Å²) in [4.78, 5) is 51.4. The van der Waals surface area contributed by atoms with Crippen LogP contribution in [0.25, 0.3) is 0 Å². The van der Waals surface area contributed by atoms with Gasteiger partial charge in [0.15, 0.2) is 5.78 Å². The van der Waals surface area contributed by atoms with Gasteiger partial charge in [0.2, 0.25) is 11.8 Å². The fraction of sp³-hybridized carbons (Fsp3) is 0.688. The van der Waals surface area contributed by atoms with Gasteiger partial charge >= 0.3 is 6.09 Å². The van der Waals surface area contributed by atoms with E-state index in [1.54, 1.807) is 27.7 Å². The molecule has 0 aliphatic rings. The minimum Gasteiger partial charge on any atom is -0.444 e. The van der Waals surface area contributed by atoms with Crippen LogP contribution in [0.15, 0.2) is 30.3 Å². The summed E-state index contributed by atoms with van der Waals surface area (Å²) in [5, 5.41) is 22.2. The molecule has 0 heterocycles. The van der Waals surface area contributed by atoms with Crippen LogP contribution in [0.5, 0.6) is 0 Å². The monoisotopic (exact) mass is 654 g/mol. The van der Waals surface area contributed by atoms with E-state index in [-0.39, 0.29) is 30.7 Å². The van der Waals surface area contributed by atoms with Crippen molar-refractivity contribution < 1.29 is 37.4 Å². The first-order valence-corrected chi connectivity index (χ1v) is 17.5. The molecular weight excluding hydrogens is 600 g/mol. The molecule has 0 fully saturated rings. The van der Waals surface area contributed by atoms with Gasteiger partial charge in [-0.05, 0) is 51.0 Å². The van der Waals surface area contributed by atoms with E-state index in [2.05, 4.69) is 21.3 Å². The van der Waals surface area contributed by atoms with E-state index in [9.17, 15) is 32.7 Å². The third-order valence-corrected chi connectivity index (χ3v) is 7.82. The number of alkyl carbamates (subject to hydrolysis) is 1. The number of rotatable bonds is 18. The fourth-order valence-corrected chi connectivity index (χ4v) is 5.44. The molecule has 1 aromatic rings. The summed E-state index contributed by atoms with van der Waals surface area (Å²) in [5.74, 6) is -2.65. The Kier molecular flexibility index (Phi) is 16.2. The highest BCUT2D eigenvalue weighted by Crippen LogP contribution is 2.17. The van der Waals surface area contributed by atoms with E-state index in [1.165, 1.54) is 0 Å². The van der Waals surface area contributed by atoms with E-state index in [0.717, 1.165) is 11.8 Å². The summed E-state index contributed by atoms with van der Waals surface area (Å²) < 4.78 is 29.2. The quantitative estimate of drug-likeness (QED) is 0.159. The van der Waals surface area contributed by atoms with Crippen molar-refractivity contribution in [1.82, 2.24) is 21.3 Å². The number of Topliss-reactive ketones (excluding diaryl/α,β-unsaturated/α-hetero) is 1. The van der Waals surface area contributed by atoms with Crippen LogP contribution in [-0.4, -0.2) is 85.6 Å². The first-order chi connectivity index (χ1) is 20.7. The van der Waals surface area contributed by atoms with E-state index in [0.29, 0.717) is 13.0 Å². The van der Waals surface area contributed by atoms with Crippen molar-refractivity contribution in [2.24, 2.45) is 17.8 Å². The zero-order valence-electron chi connectivity index (χ0n) is 28.2. The van der Waals surface area contributed by atoms with Gasteiger partial charge in [0, 0.05) is 24.8 Å². The van der Waals surface area contributed by atoms with Gasteiger partial charge < -0.3 is 31.1 Å². The SMILES string of the molecule is CC(C)C[C@H](NCC(=O)[C@H](CS(C)(=O)=O)NC(=O)OC(C)(C)C)[C@@H](O)C[C@@H](C)C(=O)N[C@H](C(=O)NCc1ccccc1)C(C)C. The molecule has 5 atom stereocenters. The summed E-state index contributed by atoms with van der Waals surface area (Å²) in [6, 6.07) is 6.69. The number of nitrogens with one attached hydrogen (secondary N) is 4. The van der Waals surface area contributed by atoms with Crippen LogP contribution < -0.4 is 21.3 Å². The summed E-state index contributed by atoms with van der Waals surface area (Å²) >= 11 is 0. The summed E-state index contributed by atoms with van der Waals surface area (Å²) in [6.45, 7) is 14.1. The Hall–Kier alpha value is -3.03. The van der Waals surface area contributed by atoms with Crippen molar-refractivity contribution in [3.05, 3.63) is 35.9 Å². The number of sulfone groups is 1. The second-order valence-corrected chi connectivity index (χ2v) is 15.7. The first kappa shape index (κ1) is 40.0. The molecule has 0 spiro atoms. The highest BCUT2D eigenvalue weighted by atomic mass is 32.2. The molecule has 0 aliphatic carbocycles. The van der Waals surface area contributed by atoms with Crippen LogP contribution in [0, 0.1) is 17.8 Å². The van der Waals surface area contributed by atoms with Gasteiger partial charge in [-0.1, -0.05) is 65.0 Å². The smallest absolute Gasteiger partial charge is 0.408 e. The average molecular weight is 655 g/mol. The second kappa shape index (κ2) is 18.2. The molecule has 0 bridgehead atoms. The number of benzene rings is 1. The second-order valence-electron chi connectivity index (χ2n) is 13.5. The summed E-state index contributed by atoms with van der Waals surface area (Å²) in [5.41, 5.74) is 0.0825. The molecule has 5 N–H and O–H groups in total. The fourth-order valence-electron chi connectivity index (χ4n) is 4.57. The van der Waals surface area contributed by atoms with Crippen molar-refractivity contribution in [1.29, 1.82) is 0 Å². The number of hydrogen-bond acceptors (Lipinski definition) is 9. The highest BCUT2D eigenvalue weighted by Gasteiger charge is 2.31. The van der Waals surface area contributed by atoms with E-state index >= 15 is 0 Å². The molecule has 0 saturated heterocycles. The molecule has 12 nitrogen and oxygen atoms in total. The highest BCUT2D eigenvalue weighted by molar-refractivity contribution is 7.90. The predicted molar refractivity (Wildman–Crippen MR) is 174 cm³/mol. The molecule has 0 unspecified atom stereocenters. The van der Waals surface area contributed by atoms with Crippen molar-refractivity contribution in [2.75, 3.05) is 18.6 Å². The minimum absolute atomic E-state index is 0.0454. The number of carbonyl (C=O) groups excluding carboxylic acids is 4. The molecule has 45 heavy (non-hydrogen) atoms. The van der Waals surface area contributed by atoms with Crippen LogP contribution in [0.2, 0.25) is 0 Å². The van der Waals surface area contributed by atoms with E-state index in [4.69, 9.17) is 4.74 Å². The molecule has 0 radical (unpaired) electrons. The molecule has 1 rings (SSSR count).